The molecule has 0 radical (unpaired) electrons. The molecule has 4 atom stereocenters. The molecule has 5 heteroatoms. The van der Waals surface area contributed by atoms with E-state index in [1.807, 2.05) is 0 Å². The first-order chi connectivity index (χ1) is 12.6. The van der Waals surface area contributed by atoms with Crippen molar-refractivity contribution in [3.63, 3.8) is 0 Å². The Morgan fingerprint density at radius 1 is 1.31 bits per heavy atom. The molecule has 1 aromatic carbocycles. The number of hydrogen-bond acceptors (Lipinski definition) is 4. The zero-order valence-corrected chi connectivity index (χ0v) is 15.2. The highest BCUT2D eigenvalue weighted by molar-refractivity contribution is 5.85. The van der Waals surface area contributed by atoms with Crippen molar-refractivity contribution in [3.05, 3.63) is 35.5 Å². The number of nitrogens with one attached hydrogen (secondary N) is 1. The summed E-state index contributed by atoms with van der Waals surface area (Å²) in [5.41, 5.74) is 3.28. The van der Waals surface area contributed by atoms with Gasteiger partial charge in [0.15, 0.2) is 0 Å². The van der Waals surface area contributed by atoms with Crippen LogP contribution in [0.4, 0.5) is 0 Å². The normalized spacial score (nSPS) is 34.0. The molecular weight excluding hydrogens is 328 g/mol. The number of para-hydroxylation sites is 1. The molecule has 2 aliphatic heterocycles. The maximum atomic E-state index is 12.9. The van der Waals surface area contributed by atoms with Gasteiger partial charge in [0.05, 0.1) is 24.7 Å². The zero-order chi connectivity index (χ0) is 17.9. The number of methoxy groups -OCH3 is 1. The average Bonchev–Trinajstić information content (AvgIpc) is 3.05. The van der Waals surface area contributed by atoms with Gasteiger partial charge in [-0.2, -0.15) is 0 Å². The number of hydrogen-bond donors (Lipinski definition) is 2. The van der Waals surface area contributed by atoms with Crippen molar-refractivity contribution in [1.29, 1.82) is 0 Å². The van der Waals surface area contributed by atoms with Crippen molar-refractivity contribution in [1.82, 2.24) is 9.88 Å². The molecule has 0 amide bonds. The fraction of sp³-hybridized carbons (Fsp3) is 0.571. The Morgan fingerprint density at radius 3 is 3.00 bits per heavy atom. The number of aromatic nitrogens is 1. The molecule has 0 spiro atoms. The van der Waals surface area contributed by atoms with Gasteiger partial charge >= 0.3 is 5.97 Å². The van der Waals surface area contributed by atoms with Gasteiger partial charge in [-0.25, -0.2) is 0 Å². The van der Waals surface area contributed by atoms with Crippen LogP contribution in [0.5, 0.6) is 0 Å². The molecule has 5 nitrogen and oxygen atoms in total. The van der Waals surface area contributed by atoms with Gasteiger partial charge in [-0.15, -0.1) is 0 Å². The standard InChI is InChI=1S/C21H26N2O3/c1-26-20(25)21-10-14(24)7-6-13(21)12-23-9-8-16-15-4-2-3-5-17(15)22-19(16)18(23)11-21/h2-5,13-14,18,22,24H,6-12H2,1H3/t13-,14-,18-,21+/m0/s1. The summed E-state index contributed by atoms with van der Waals surface area (Å²) in [5, 5.41) is 11.6. The number of piperidine rings is 1. The lowest BCUT2D eigenvalue weighted by Gasteiger charge is -2.54. The summed E-state index contributed by atoms with van der Waals surface area (Å²) >= 11 is 0. The maximum Gasteiger partial charge on any atom is 0.312 e. The van der Waals surface area contributed by atoms with Crippen molar-refractivity contribution in [2.75, 3.05) is 20.2 Å². The van der Waals surface area contributed by atoms with Crippen molar-refractivity contribution in [2.45, 2.75) is 44.2 Å². The Hall–Kier alpha value is -1.85. The van der Waals surface area contributed by atoms with Crippen LogP contribution in [0.1, 0.15) is 43.0 Å². The summed E-state index contributed by atoms with van der Waals surface area (Å²) in [7, 11) is 1.48. The minimum Gasteiger partial charge on any atom is -0.469 e. The van der Waals surface area contributed by atoms with Crippen LogP contribution in [0.25, 0.3) is 10.9 Å². The second-order valence-electron chi connectivity index (χ2n) is 8.31. The highest BCUT2D eigenvalue weighted by Gasteiger charge is 2.56. The zero-order valence-electron chi connectivity index (χ0n) is 15.2. The molecule has 0 bridgehead atoms. The van der Waals surface area contributed by atoms with Crippen LogP contribution in [-0.4, -0.2) is 47.3 Å². The van der Waals surface area contributed by atoms with Crippen LogP contribution in [0.2, 0.25) is 0 Å². The number of carbonyl (C=O) groups is 1. The van der Waals surface area contributed by atoms with Gasteiger partial charge in [0.25, 0.3) is 0 Å². The maximum absolute atomic E-state index is 12.9. The van der Waals surface area contributed by atoms with E-state index in [4.69, 9.17) is 4.74 Å². The number of fused-ring (bicyclic) bond motifs is 6. The summed E-state index contributed by atoms with van der Waals surface area (Å²) in [6.45, 7) is 1.96. The molecule has 5 rings (SSSR count). The lowest BCUT2D eigenvalue weighted by atomic mass is 9.59. The predicted octanol–water partition coefficient (Wildman–Crippen LogP) is 2.79. The minimum atomic E-state index is -0.556. The molecule has 2 N–H and O–H groups in total. The first kappa shape index (κ1) is 16.3. The fourth-order valence-electron chi connectivity index (χ4n) is 5.86. The average molecular weight is 354 g/mol. The molecule has 138 valence electrons. The Kier molecular flexibility index (Phi) is 3.66. The van der Waals surface area contributed by atoms with Crippen LogP contribution in [0, 0.1) is 11.3 Å². The SMILES string of the molecule is COC(=O)[C@@]12C[C@@H](O)CC[C@H]1CN1CCc3c([nH]c4ccccc34)[C@@H]1C2. The number of aliphatic hydroxyl groups is 1. The van der Waals surface area contributed by atoms with Gasteiger partial charge in [-0.3, -0.25) is 9.69 Å². The molecule has 3 heterocycles. The second kappa shape index (κ2) is 5.83. The van der Waals surface area contributed by atoms with Crippen LogP contribution in [-0.2, 0) is 16.0 Å². The lowest BCUT2D eigenvalue weighted by molar-refractivity contribution is -0.172. The van der Waals surface area contributed by atoms with Crippen molar-refractivity contribution in [3.8, 4) is 0 Å². The number of rotatable bonds is 1. The van der Waals surface area contributed by atoms with E-state index in [-0.39, 0.29) is 17.9 Å². The van der Waals surface area contributed by atoms with Gasteiger partial charge in [-0.05, 0) is 49.7 Å². The van der Waals surface area contributed by atoms with E-state index in [9.17, 15) is 9.90 Å². The van der Waals surface area contributed by atoms with E-state index < -0.39 is 11.5 Å². The topological polar surface area (TPSA) is 65.6 Å². The molecule has 26 heavy (non-hydrogen) atoms. The molecule has 1 aliphatic carbocycles. The minimum absolute atomic E-state index is 0.135. The lowest BCUT2D eigenvalue weighted by Crippen LogP contribution is -2.57. The van der Waals surface area contributed by atoms with Crippen molar-refractivity contribution < 1.29 is 14.6 Å². The molecule has 2 fully saturated rings. The third-order valence-electron chi connectivity index (χ3n) is 7.10. The van der Waals surface area contributed by atoms with Crippen molar-refractivity contribution >= 4 is 16.9 Å². The number of carbonyl (C=O) groups excluding carboxylic acids is 1. The Labute approximate surface area is 153 Å². The van der Waals surface area contributed by atoms with Gasteiger partial charge < -0.3 is 14.8 Å². The smallest absolute Gasteiger partial charge is 0.312 e. The predicted molar refractivity (Wildman–Crippen MR) is 98.7 cm³/mol. The first-order valence-corrected chi connectivity index (χ1v) is 9.72. The van der Waals surface area contributed by atoms with Gasteiger partial charge in [0, 0.05) is 29.7 Å². The number of benzene rings is 1. The third-order valence-corrected chi connectivity index (χ3v) is 7.10. The molecule has 1 aromatic heterocycles. The summed E-state index contributed by atoms with van der Waals surface area (Å²) in [6.07, 6.45) is 3.61. The van der Waals surface area contributed by atoms with Gasteiger partial charge in [0.1, 0.15) is 0 Å². The van der Waals surface area contributed by atoms with E-state index >= 15 is 0 Å². The number of nitrogens with zero attached hydrogens (tertiary/aromatic N) is 1. The number of aromatic amines is 1. The van der Waals surface area contributed by atoms with Crippen LogP contribution >= 0.6 is 0 Å². The Balaban J connectivity index is 1.59. The Morgan fingerprint density at radius 2 is 2.15 bits per heavy atom. The van der Waals surface area contributed by atoms with E-state index in [2.05, 4.69) is 34.1 Å². The molecule has 1 saturated heterocycles. The number of esters is 1. The van der Waals surface area contributed by atoms with Crippen LogP contribution in [0.3, 0.4) is 0 Å². The fourth-order valence-corrected chi connectivity index (χ4v) is 5.86. The van der Waals surface area contributed by atoms with Crippen LogP contribution in [0.15, 0.2) is 24.3 Å². The highest BCUT2D eigenvalue weighted by atomic mass is 16.5. The molecule has 3 aliphatic rings. The number of H-pyrrole nitrogens is 1. The van der Waals surface area contributed by atoms with E-state index in [0.29, 0.717) is 6.42 Å². The second-order valence-corrected chi connectivity index (χ2v) is 8.31. The van der Waals surface area contributed by atoms with Gasteiger partial charge in [0.2, 0.25) is 0 Å². The summed E-state index contributed by atoms with van der Waals surface area (Å²) in [5.74, 6) is 0.143. The van der Waals surface area contributed by atoms with Gasteiger partial charge in [-0.1, -0.05) is 18.2 Å². The van der Waals surface area contributed by atoms with E-state index in [1.165, 1.54) is 29.3 Å². The van der Waals surface area contributed by atoms with E-state index in [1.54, 1.807) is 0 Å². The first-order valence-electron chi connectivity index (χ1n) is 9.72. The molecule has 1 saturated carbocycles. The highest BCUT2D eigenvalue weighted by Crippen LogP contribution is 2.54. The number of aliphatic hydroxyl groups excluding tert-OH is 1. The third kappa shape index (κ3) is 2.20. The summed E-state index contributed by atoms with van der Waals surface area (Å²) < 4.78 is 5.25. The number of ether oxygens (including phenoxy) is 1. The molecule has 0 unspecified atom stereocenters. The van der Waals surface area contributed by atoms with E-state index in [0.717, 1.165) is 38.8 Å². The quantitative estimate of drug-likeness (QED) is 0.773. The monoisotopic (exact) mass is 354 g/mol. The summed E-state index contributed by atoms with van der Waals surface area (Å²) in [4.78, 5) is 19.0. The molecule has 2 aromatic rings. The Bertz CT molecular complexity index is 860. The largest absolute Gasteiger partial charge is 0.469 e. The van der Waals surface area contributed by atoms with Crippen LogP contribution < -0.4 is 0 Å². The summed E-state index contributed by atoms with van der Waals surface area (Å²) in [6, 6.07) is 8.67. The molecular formula is C21H26N2O3. The van der Waals surface area contributed by atoms with Crippen molar-refractivity contribution in [2.24, 2.45) is 11.3 Å².